The van der Waals surface area contributed by atoms with Crippen LogP contribution in [0.1, 0.15) is 40.6 Å². The van der Waals surface area contributed by atoms with Crippen molar-refractivity contribution in [1.29, 1.82) is 0 Å². The summed E-state index contributed by atoms with van der Waals surface area (Å²) < 4.78 is 0. The van der Waals surface area contributed by atoms with E-state index in [1.54, 1.807) is 13.8 Å². The van der Waals surface area contributed by atoms with Crippen LogP contribution in [0.4, 0.5) is 0 Å². The average molecular weight is 616 g/mol. The van der Waals surface area contributed by atoms with Gasteiger partial charge in [-0.15, -0.1) is 61.2 Å². The fourth-order valence-electron chi connectivity index (χ4n) is 2.28. The Hall–Kier alpha value is -1.15. The molecule has 0 aliphatic heterocycles. The van der Waals surface area contributed by atoms with Gasteiger partial charge in [0.25, 0.3) is 0 Å². The predicted octanol–water partition coefficient (Wildman–Crippen LogP) is 2.15. The van der Waals surface area contributed by atoms with Crippen molar-refractivity contribution in [3.05, 3.63) is 46.0 Å². The second-order valence-electron chi connectivity index (χ2n) is 5.82. The molecule has 0 unspecified atom stereocenters. The molecule has 1 amide bonds. The summed E-state index contributed by atoms with van der Waals surface area (Å²) in [5.74, 6) is -0.0768. The topological polar surface area (TPSA) is 162 Å². The molecular formula is C18H30Cl3IN4O5. The number of aromatic nitrogens is 2. The number of aliphatic hydroxyl groups excluding tert-OH is 2. The molecule has 9 nitrogen and oxygen atoms in total. The zero-order valence-corrected chi connectivity index (χ0v) is 22.1. The summed E-state index contributed by atoms with van der Waals surface area (Å²) in [5, 5.41) is 39.6. The number of pyridine rings is 2. The highest BCUT2D eigenvalue weighted by molar-refractivity contribution is 14.0. The largest absolute Gasteiger partial charge is 0.506 e. The number of halogens is 4. The molecule has 2 aromatic heterocycles. The molecule has 31 heavy (non-hydrogen) atoms. The molecule has 7 N–H and O–H groups in total. The highest BCUT2D eigenvalue weighted by Gasteiger charge is 2.11. The van der Waals surface area contributed by atoms with Gasteiger partial charge in [0, 0.05) is 54.7 Å². The average Bonchev–Trinajstić information content (AvgIpc) is 2.65. The Labute approximate surface area is 217 Å². The standard InChI is InChI=1S/C10H14N2O3.C8H12N2O2.3ClH.HI/c1-6-10(15)9(4-12-7(2)14)8(5-13)3-11-6;1-5-8(12)7(2-9)6(4-11)3-10-5;;;;/h3,13,15H,4-5H2,1-2H3,(H,12,14);3,11-12H,2,4,9H2,1H3;4*1H. The molecule has 2 heterocycles. The number of nitrogens with two attached hydrogens (primary N) is 1. The fourth-order valence-corrected chi connectivity index (χ4v) is 2.28. The second-order valence-corrected chi connectivity index (χ2v) is 5.82. The van der Waals surface area contributed by atoms with E-state index in [-0.39, 0.29) is 105 Å². The summed E-state index contributed by atoms with van der Waals surface area (Å²) >= 11 is 0. The molecule has 13 heteroatoms. The molecule has 0 aliphatic carbocycles. The van der Waals surface area contributed by atoms with Gasteiger partial charge in [-0.05, 0) is 13.8 Å². The minimum atomic E-state index is -0.213. The number of amides is 1. The number of nitrogens with one attached hydrogen (secondary N) is 1. The van der Waals surface area contributed by atoms with Gasteiger partial charge in [-0.2, -0.15) is 0 Å². The van der Waals surface area contributed by atoms with E-state index in [2.05, 4.69) is 15.3 Å². The van der Waals surface area contributed by atoms with E-state index < -0.39 is 0 Å². The molecule has 0 bridgehead atoms. The summed E-state index contributed by atoms with van der Waals surface area (Å²) in [6.07, 6.45) is 3.02. The van der Waals surface area contributed by atoms with Crippen LogP contribution in [0.2, 0.25) is 0 Å². The Morgan fingerprint density at radius 2 is 1.32 bits per heavy atom. The molecule has 180 valence electrons. The lowest BCUT2D eigenvalue weighted by Gasteiger charge is -2.11. The maximum atomic E-state index is 10.7. The third-order valence-electron chi connectivity index (χ3n) is 3.92. The number of carbonyl (C=O) groups is 1. The Morgan fingerprint density at radius 1 is 0.935 bits per heavy atom. The molecule has 2 aromatic rings. The van der Waals surface area contributed by atoms with Crippen LogP contribution in [-0.2, 0) is 31.1 Å². The first-order valence-corrected chi connectivity index (χ1v) is 8.25. The monoisotopic (exact) mass is 614 g/mol. The Morgan fingerprint density at radius 3 is 1.68 bits per heavy atom. The highest BCUT2D eigenvalue weighted by atomic mass is 127. The summed E-state index contributed by atoms with van der Waals surface area (Å²) in [4.78, 5) is 18.5. The summed E-state index contributed by atoms with van der Waals surface area (Å²) in [6, 6.07) is 0. The first kappa shape index (κ1) is 37.2. The third kappa shape index (κ3) is 10.8. The van der Waals surface area contributed by atoms with Gasteiger partial charge in [-0.3, -0.25) is 14.8 Å². The van der Waals surface area contributed by atoms with Crippen molar-refractivity contribution < 1.29 is 25.2 Å². The molecule has 2 rings (SSSR count). The van der Waals surface area contributed by atoms with Gasteiger partial charge >= 0.3 is 0 Å². The molecule has 0 radical (unpaired) electrons. The lowest BCUT2D eigenvalue weighted by molar-refractivity contribution is -0.119. The predicted molar refractivity (Wildman–Crippen MR) is 136 cm³/mol. The van der Waals surface area contributed by atoms with E-state index in [1.807, 2.05) is 0 Å². The lowest BCUT2D eigenvalue weighted by Crippen LogP contribution is -2.20. The number of hydrogen-bond donors (Lipinski definition) is 6. The van der Waals surface area contributed by atoms with Crippen LogP contribution in [0.5, 0.6) is 11.5 Å². The smallest absolute Gasteiger partial charge is 0.217 e. The number of nitrogens with zero attached hydrogens (tertiary/aromatic N) is 2. The Bertz CT molecular complexity index is 816. The third-order valence-corrected chi connectivity index (χ3v) is 3.92. The van der Waals surface area contributed by atoms with E-state index >= 15 is 0 Å². The van der Waals surface area contributed by atoms with Crippen LogP contribution in [0.15, 0.2) is 12.4 Å². The van der Waals surface area contributed by atoms with Gasteiger partial charge in [0.1, 0.15) is 11.5 Å². The van der Waals surface area contributed by atoms with E-state index in [4.69, 9.17) is 15.9 Å². The maximum absolute atomic E-state index is 10.7. The van der Waals surface area contributed by atoms with E-state index in [1.165, 1.54) is 19.3 Å². The van der Waals surface area contributed by atoms with Crippen molar-refractivity contribution in [2.45, 2.75) is 47.1 Å². The van der Waals surface area contributed by atoms with Crippen LogP contribution < -0.4 is 11.1 Å². The number of aryl methyl sites for hydroxylation is 2. The first-order valence-electron chi connectivity index (χ1n) is 8.25. The molecular weight excluding hydrogens is 585 g/mol. The molecule has 0 saturated heterocycles. The minimum absolute atomic E-state index is 0. The van der Waals surface area contributed by atoms with Crippen LogP contribution in [-0.4, -0.2) is 36.3 Å². The van der Waals surface area contributed by atoms with Crippen LogP contribution in [0.25, 0.3) is 0 Å². The van der Waals surface area contributed by atoms with Crippen LogP contribution >= 0.6 is 61.2 Å². The minimum Gasteiger partial charge on any atom is -0.506 e. The molecule has 0 spiro atoms. The molecule has 0 saturated carbocycles. The summed E-state index contributed by atoms with van der Waals surface area (Å²) in [7, 11) is 0. The Kier molecular flexibility index (Phi) is 22.1. The zero-order chi connectivity index (χ0) is 20.6. The second kappa shape index (κ2) is 18.4. The molecule has 0 aromatic carbocycles. The van der Waals surface area contributed by atoms with E-state index in [9.17, 15) is 15.0 Å². The van der Waals surface area contributed by atoms with E-state index in [0.717, 1.165) is 0 Å². The Balaban J connectivity index is -0.000000212. The van der Waals surface area contributed by atoms with Crippen molar-refractivity contribution in [2.75, 3.05) is 0 Å². The SMILES string of the molecule is CC(=O)NCc1c(CO)cnc(C)c1O.Cc1ncc(CO)c(CN)c1O.Cl.Cl.Cl.I. The maximum Gasteiger partial charge on any atom is 0.217 e. The number of aliphatic hydroxyl groups is 2. The molecule has 0 fully saturated rings. The lowest BCUT2D eigenvalue weighted by atomic mass is 10.1. The van der Waals surface area contributed by atoms with Gasteiger partial charge in [-0.1, -0.05) is 0 Å². The van der Waals surface area contributed by atoms with Crippen molar-refractivity contribution >= 4 is 67.1 Å². The van der Waals surface area contributed by atoms with Crippen molar-refractivity contribution in [1.82, 2.24) is 15.3 Å². The van der Waals surface area contributed by atoms with Crippen LogP contribution in [0, 0.1) is 13.8 Å². The number of hydrogen-bond acceptors (Lipinski definition) is 8. The van der Waals surface area contributed by atoms with Crippen molar-refractivity contribution in [2.24, 2.45) is 5.73 Å². The quantitative estimate of drug-likeness (QED) is 0.279. The normalized spacial score (nSPS) is 8.84. The van der Waals surface area contributed by atoms with Crippen LogP contribution in [0.3, 0.4) is 0 Å². The van der Waals surface area contributed by atoms with Gasteiger partial charge in [0.2, 0.25) is 5.91 Å². The number of aromatic hydroxyl groups is 2. The van der Waals surface area contributed by atoms with Gasteiger partial charge in [0.05, 0.1) is 24.6 Å². The first-order chi connectivity index (χ1) is 12.8. The summed E-state index contributed by atoms with van der Waals surface area (Å²) in [5.41, 5.74) is 8.60. The number of rotatable bonds is 5. The molecule has 0 atom stereocenters. The van der Waals surface area contributed by atoms with Crippen molar-refractivity contribution in [3.8, 4) is 11.5 Å². The number of carbonyl (C=O) groups excluding carboxylic acids is 1. The summed E-state index contributed by atoms with van der Waals surface area (Å²) in [6.45, 7) is 4.79. The molecule has 0 aliphatic rings. The van der Waals surface area contributed by atoms with Gasteiger partial charge < -0.3 is 31.5 Å². The highest BCUT2D eigenvalue weighted by Crippen LogP contribution is 2.24. The van der Waals surface area contributed by atoms with Gasteiger partial charge in [-0.25, -0.2) is 0 Å². The van der Waals surface area contributed by atoms with Gasteiger partial charge in [0.15, 0.2) is 0 Å². The van der Waals surface area contributed by atoms with E-state index in [0.29, 0.717) is 33.6 Å². The van der Waals surface area contributed by atoms with Crippen molar-refractivity contribution in [3.63, 3.8) is 0 Å². The fraction of sp³-hybridized carbons (Fsp3) is 0.389. The zero-order valence-electron chi connectivity index (χ0n) is 17.3.